The van der Waals surface area contributed by atoms with E-state index in [-0.39, 0.29) is 5.91 Å². The Balaban J connectivity index is 1.87. The molecule has 2 rings (SSSR count). The molecule has 0 fully saturated rings. The van der Waals surface area contributed by atoms with Crippen LogP contribution in [0.15, 0.2) is 59.7 Å². The second-order valence-electron chi connectivity index (χ2n) is 4.89. The third-order valence-corrected chi connectivity index (χ3v) is 2.97. The van der Waals surface area contributed by atoms with E-state index in [0.717, 1.165) is 11.1 Å². The predicted octanol–water partition coefficient (Wildman–Crippen LogP) is 3.47. The van der Waals surface area contributed by atoms with Crippen molar-refractivity contribution >= 4 is 18.2 Å². The first-order chi connectivity index (χ1) is 10.1. The quantitative estimate of drug-likeness (QED) is 0.519. The van der Waals surface area contributed by atoms with Crippen LogP contribution in [0.4, 0.5) is 0 Å². The van der Waals surface area contributed by atoms with Crippen molar-refractivity contribution in [3.8, 4) is 0 Å². The van der Waals surface area contributed by atoms with Crippen molar-refractivity contribution in [1.29, 1.82) is 0 Å². The molecule has 21 heavy (non-hydrogen) atoms. The molecule has 2 aromatic rings. The van der Waals surface area contributed by atoms with E-state index in [4.69, 9.17) is 0 Å². The number of carbonyl (C=O) groups excluding carboxylic acids is 1. The summed E-state index contributed by atoms with van der Waals surface area (Å²) in [5.74, 6) is -0.251. The third-order valence-electron chi connectivity index (χ3n) is 2.97. The summed E-state index contributed by atoms with van der Waals surface area (Å²) in [6.07, 6.45) is 4.85. The smallest absolute Gasteiger partial charge is 0.264 e. The zero-order valence-electron chi connectivity index (χ0n) is 12.2. The summed E-state index contributed by atoms with van der Waals surface area (Å²) in [4.78, 5) is 11.6. The first-order valence-electron chi connectivity index (χ1n) is 6.78. The second kappa shape index (κ2) is 7.20. The molecule has 3 nitrogen and oxygen atoms in total. The maximum atomic E-state index is 11.6. The molecular weight excluding hydrogens is 260 g/mol. The van der Waals surface area contributed by atoms with Crippen molar-refractivity contribution in [2.75, 3.05) is 0 Å². The van der Waals surface area contributed by atoms with Gasteiger partial charge in [-0.1, -0.05) is 59.7 Å². The summed E-state index contributed by atoms with van der Waals surface area (Å²) in [5.41, 5.74) is 6.79. The SMILES string of the molecule is Cc1ccc(/C=C/C(=O)N/N=C/c2ccc(C)cc2)cc1. The maximum Gasteiger partial charge on any atom is 0.264 e. The lowest BCUT2D eigenvalue weighted by atomic mass is 10.1. The molecule has 0 unspecified atom stereocenters. The summed E-state index contributed by atoms with van der Waals surface area (Å²) < 4.78 is 0. The molecule has 0 bridgehead atoms. The molecule has 3 heteroatoms. The van der Waals surface area contributed by atoms with Gasteiger partial charge in [-0.3, -0.25) is 4.79 Å². The topological polar surface area (TPSA) is 41.5 Å². The van der Waals surface area contributed by atoms with E-state index in [2.05, 4.69) is 10.5 Å². The van der Waals surface area contributed by atoms with Crippen molar-refractivity contribution in [2.45, 2.75) is 13.8 Å². The van der Waals surface area contributed by atoms with Gasteiger partial charge >= 0.3 is 0 Å². The number of amides is 1. The number of nitrogens with one attached hydrogen (secondary N) is 1. The fourth-order valence-electron chi connectivity index (χ4n) is 1.71. The number of nitrogens with zero attached hydrogens (tertiary/aromatic N) is 1. The molecule has 0 aromatic heterocycles. The summed E-state index contributed by atoms with van der Waals surface area (Å²) in [6, 6.07) is 15.9. The Hall–Kier alpha value is -2.68. The van der Waals surface area contributed by atoms with Crippen molar-refractivity contribution in [1.82, 2.24) is 5.43 Å². The molecule has 0 saturated carbocycles. The van der Waals surface area contributed by atoms with Gasteiger partial charge in [0.15, 0.2) is 0 Å². The van der Waals surface area contributed by atoms with Crippen LogP contribution in [0.2, 0.25) is 0 Å². The summed E-state index contributed by atoms with van der Waals surface area (Å²) >= 11 is 0. The molecule has 106 valence electrons. The van der Waals surface area contributed by atoms with Gasteiger partial charge in [-0.15, -0.1) is 0 Å². The van der Waals surface area contributed by atoms with E-state index in [9.17, 15) is 4.79 Å². The van der Waals surface area contributed by atoms with Crippen LogP contribution in [0.3, 0.4) is 0 Å². The van der Waals surface area contributed by atoms with Gasteiger partial charge in [0.05, 0.1) is 6.21 Å². The molecule has 1 amide bonds. The molecule has 0 atom stereocenters. The van der Waals surface area contributed by atoms with Crippen molar-refractivity contribution < 1.29 is 4.79 Å². The monoisotopic (exact) mass is 278 g/mol. The van der Waals surface area contributed by atoms with Gasteiger partial charge in [-0.25, -0.2) is 5.43 Å². The largest absolute Gasteiger partial charge is 0.268 e. The zero-order valence-corrected chi connectivity index (χ0v) is 12.2. The second-order valence-corrected chi connectivity index (χ2v) is 4.89. The number of carbonyl (C=O) groups is 1. The number of aryl methyl sites for hydroxylation is 2. The van der Waals surface area contributed by atoms with Crippen LogP contribution in [-0.4, -0.2) is 12.1 Å². The number of hydrogen-bond acceptors (Lipinski definition) is 2. The molecule has 0 aliphatic rings. The molecule has 1 N–H and O–H groups in total. The molecule has 0 radical (unpaired) electrons. The van der Waals surface area contributed by atoms with Crippen LogP contribution in [0.25, 0.3) is 6.08 Å². The Morgan fingerprint density at radius 1 is 0.905 bits per heavy atom. The molecular formula is C18H18N2O. The van der Waals surface area contributed by atoms with Crippen molar-refractivity contribution in [2.24, 2.45) is 5.10 Å². The van der Waals surface area contributed by atoms with Gasteiger partial charge in [-0.2, -0.15) is 5.10 Å². The maximum absolute atomic E-state index is 11.6. The van der Waals surface area contributed by atoms with Crippen molar-refractivity contribution in [3.63, 3.8) is 0 Å². The number of hydrogen-bond donors (Lipinski definition) is 1. The van der Waals surface area contributed by atoms with E-state index in [0.29, 0.717) is 0 Å². The summed E-state index contributed by atoms with van der Waals surface area (Å²) in [6.45, 7) is 4.05. The highest BCUT2D eigenvalue weighted by Crippen LogP contribution is 2.04. The van der Waals surface area contributed by atoms with Crippen LogP contribution in [-0.2, 0) is 4.79 Å². The molecule has 0 aliphatic carbocycles. The average Bonchev–Trinajstić information content (AvgIpc) is 2.49. The number of benzene rings is 2. The van der Waals surface area contributed by atoms with Crippen LogP contribution in [0.1, 0.15) is 22.3 Å². The van der Waals surface area contributed by atoms with Gasteiger partial charge in [0, 0.05) is 6.08 Å². The lowest BCUT2D eigenvalue weighted by Gasteiger charge is -1.96. The Bertz CT molecular complexity index is 653. The third kappa shape index (κ3) is 5.07. The molecule has 0 heterocycles. The Labute approximate surface area is 125 Å². The minimum absolute atomic E-state index is 0.251. The molecule has 0 aliphatic heterocycles. The fraction of sp³-hybridized carbons (Fsp3) is 0.111. The van der Waals surface area contributed by atoms with Crippen LogP contribution < -0.4 is 5.43 Å². The highest BCUT2D eigenvalue weighted by atomic mass is 16.2. The number of hydrazone groups is 1. The van der Waals surface area contributed by atoms with Crippen LogP contribution in [0.5, 0.6) is 0 Å². The van der Waals surface area contributed by atoms with Gasteiger partial charge < -0.3 is 0 Å². The fourth-order valence-corrected chi connectivity index (χ4v) is 1.71. The highest BCUT2D eigenvalue weighted by Gasteiger charge is 1.93. The predicted molar refractivity (Wildman–Crippen MR) is 87.1 cm³/mol. The first-order valence-corrected chi connectivity index (χ1v) is 6.78. The Morgan fingerprint density at radius 3 is 2.00 bits per heavy atom. The summed E-state index contributed by atoms with van der Waals surface area (Å²) in [5, 5.41) is 3.92. The van der Waals surface area contributed by atoms with E-state index in [1.807, 2.05) is 62.4 Å². The minimum atomic E-state index is -0.251. The van der Waals surface area contributed by atoms with Crippen molar-refractivity contribution in [3.05, 3.63) is 76.9 Å². The molecule has 0 spiro atoms. The minimum Gasteiger partial charge on any atom is -0.268 e. The summed E-state index contributed by atoms with van der Waals surface area (Å²) in [7, 11) is 0. The Kier molecular flexibility index (Phi) is 5.04. The number of rotatable bonds is 4. The van der Waals surface area contributed by atoms with E-state index in [1.165, 1.54) is 17.2 Å². The van der Waals surface area contributed by atoms with Gasteiger partial charge in [-0.05, 0) is 31.1 Å². The average molecular weight is 278 g/mol. The molecule has 2 aromatic carbocycles. The van der Waals surface area contributed by atoms with E-state index < -0.39 is 0 Å². The van der Waals surface area contributed by atoms with Gasteiger partial charge in [0.1, 0.15) is 0 Å². The van der Waals surface area contributed by atoms with Crippen LogP contribution in [0, 0.1) is 13.8 Å². The first kappa shape index (κ1) is 14.7. The van der Waals surface area contributed by atoms with Crippen LogP contribution >= 0.6 is 0 Å². The highest BCUT2D eigenvalue weighted by molar-refractivity contribution is 5.92. The van der Waals surface area contributed by atoms with Gasteiger partial charge in [0.25, 0.3) is 5.91 Å². The lowest BCUT2D eigenvalue weighted by Crippen LogP contribution is -2.14. The standard InChI is InChI=1S/C18H18N2O/c1-14-3-7-16(8-4-14)11-12-18(21)20-19-13-17-9-5-15(2)6-10-17/h3-13H,1-2H3,(H,20,21)/b12-11+,19-13+. The zero-order chi connectivity index (χ0) is 15.1. The normalized spacial score (nSPS) is 11.1. The Morgan fingerprint density at radius 2 is 1.43 bits per heavy atom. The molecule has 0 saturated heterocycles. The van der Waals surface area contributed by atoms with E-state index in [1.54, 1.807) is 12.3 Å². The van der Waals surface area contributed by atoms with E-state index >= 15 is 0 Å². The van der Waals surface area contributed by atoms with Gasteiger partial charge in [0.2, 0.25) is 0 Å². The lowest BCUT2D eigenvalue weighted by molar-refractivity contribution is -0.116.